The molecule has 0 aromatic carbocycles. The number of nitrogens with one attached hydrogen (secondary N) is 2. The number of carbonyl (C=O) groups is 1. The van der Waals surface area contributed by atoms with Crippen molar-refractivity contribution in [2.75, 3.05) is 40.9 Å². The second-order valence-electron chi connectivity index (χ2n) is 3.81. The maximum atomic E-state index is 11.2. The Morgan fingerprint density at radius 2 is 1.33 bits per heavy atom. The Morgan fingerprint density at radius 1 is 0.944 bits per heavy atom. The van der Waals surface area contributed by atoms with Crippen LogP contribution in [0.4, 0.5) is 4.79 Å². The fourth-order valence-corrected chi connectivity index (χ4v) is 0.882. The molecule has 2 atom stereocenters. The molecular weight excluding hydrogens is 240 g/mol. The second-order valence-corrected chi connectivity index (χ2v) is 3.81. The zero-order chi connectivity index (χ0) is 13.8. The van der Waals surface area contributed by atoms with E-state index < -0.39 is 0 Å². The van der Waals surface area contributed by atoms with Crippen molar-refractivity contribution in [3.05, 3.63) is 0 Å². The molecule has 0 spiro atoms. The number of urea groups is 1. The number of hydrogen-bond donors (Lipinski definition) is 2. The predicted molar refractivity (Wildman–Crippen MR) is 66.2 cm³/mol. The smallest absolute Gasteiger partial charge is 0.318 e. The van der Waals surface area contributed by atoms with Crippen molar-refractivity contribution >= 4 is 6.03 Å². The van der Waals surface area contributed by atoms with Crippen molar-refractivity contribution < 1.29 is 23.7 Å². The molecule has 0 aliphatic rings. The average molecular weight is 264 g/mol. The molecule has 2 unspecified atom stereocenters. The third kappa shape index (κ3) is 10.3. The highest BCUT2D eigenvalue weighted by molar-refractivity contribution is 5.73. The molecular formula is C11H24N2O5. The highest BCUT2D eigenvalue weighted by atomic mass is 16.5. The Morgan fingerprint density at radius 3 is 1.67 bits per heavy atom. The Bertz CT molecular complexity index is 196. The molecule has 0 saturated carbocycles. The van der Waals surface area contributed by atoms with E-state index in [1.165, 1.54) is 0 Å². The minimum Gasteiger partial charge on any atom is -0.379 e. The van der Waals surface area contributed by atoms with Crippen LogP contribution in [0.3, 0.4) is 0 Å². The van der Waals surface area contributed by atoms with Crippen molar-refractivity contribution in [3.8, 4) is 0 Å². The summed E-state index contributed by atoms with van der Waals surface area (Å²) in [7, 11) is 3.21. The lowest BCUT2D eigenvalue weighted by Gasteiger charge is -2.12. The summed E-state index contributed by atoms with van der Waals surface area (Å²) in [6.45, 7) is 4.88. The van der Waals surface area contributed by atoms with Gasteiger partial charge in [-0.25, -0.2) is 4.79 Å². The molecule has 7 heteroatoms. The standard InChI is InChI=1S/C11H24N2O5/c1-9(15-3)5-17-7-12-11(14)13-8-18-6-10(2)16-4/h9-10H,5-8H2,1-4H3,(H2,12,13,14). The first-order chi connectivity index (χ1) is 8.60. The summed E-state index contributed by atoms with van der Waals surface area (Å²) in [5.41, 5.74) is 0. The third-order valence-electron chi connectivity index (χ3n) is 2.18. The zero-order valence-electron chi connectivity index (χ0n) is 11.5. The van der Waals surface area contributed by atoms with Gasteiger partial charge in [0.1, 0.15) is 13.5 Å². The summed E-state index contributed by atoms with van der Waals surface area (Å²) in [6, 6.07) is -0.342. The normalized spacial score (nSPS) is 14.0. The van der Waals surface area contributed by atoms with Gasteiger partial charge in [0.15, 0.2) is 0 Å². The molecule has 18 heavy (non-hydrogen) atoms. The van der Waals surface area contributed by atoms with E-state index in [-0.39, 0.29) is 31.7 Å². The largest absolute Gasteiger partial charge is 0.379 e. The van der Waals surface area contributed by atoms with E-state index in [9.17, 15) is 4.79 Å². The molecule has 108 valence electrons. The monoisotopic (exact) mass is 264 g/mol. The van der Waals surface area contributed by atoms with E-state index in [1.54, 1.807) is 14.2 Å². The zero-order valence-corrected chi connectivity index (χ0v) is 11.5. The van der Waals surface area contributed by atoms with Gasteiger partial charge in [-0.15, -0.1) is 0 Å². The molecule has 0 aromatic heterocycles. The fraction of sp³-hybridized carbons (Fsp3) is 0.909. The number of ether oxygens (including phenoxy) is 4. The van der Waals surface area contributed by atoms with E-state index in [0.29, 0.717) is 13.2 Å². The van der Waals surface area contributed by atoms with Gasteiger partial charge in [0.25, 0.3) is 0 Å². The molecule has 0 rings (SSSR count). The molecule has 0 saturated heterocycles. The highest BCUT2D eigenvalue weighted by Gasteiger charge is 2.02. The van der Waals surface area contributed by atoms with Crippen molar-refractivity contribution in [2.24, 2.45) is 0 Å². The second kappa shape index (κ2) is 11.2. The summed E-state index contributed by atoms with van der Waals surface area (Å²) < 4.78 is 20.3. The molecule has 0 aliphatic heterocycles. The average Bonchev–Trinajstić information content (AvgIpc) is 2.38. The first kappa shape index (κ1) is 17.1. The lowest BCUT2D eigenvalue weighted by Crippen LogP contribution is -2.39. The van der Waals surface area contributed by atoms with E-state index in [0.717, 1.165) is 0 Å². The predicted octanol–water partition coefficient (Wildman–Crippen LogP) is 0.304. The lowest BCUT2D eigenvalue weighted by molar-refractivity contribution is 0.00990. The van der Waals surface area contributed by atoms with Crippen LogP contribution in [0.15, 0.2) is 0 Å². The van der Waals surface area contributed by atoms with Crippen LogP contribution in [0.2, 0.25) is 0 Å². The van der Waals surface area contributed by atoms with Crippen molar-refractivity contribution in [1.29, 1.82) is 0 Å². The van der Waals surface area contributed by atoms with Crippen molar-refractivity contribution in [3.63, 3.8) is 0 Å². The van der Waals surface area contributed by atoms with Crippen LogP contribution < -0.4 is 10.6 Å². The molecule has 2 N–H and O–H groups in total. The molecule has 0 bridgehead atoms. The van der Waals surface area contributed by atoms with E-state index in [1.807, 2.05) is 13.8 Å². The van der Waals surface area contributed by atoms with Gasteiger partial charge in [0, 0.05) is 14.2 Å². The molecule has 0 radical (unpaired) electrons. The van der Waals surface area contributed by atoms with Gasteiger partial charge in [-0.3, -0.25) is 0 Å². The number of carbonyl (C=O) groups excluding carboxylic acids is 1. The summed E-state index contributed by atoms with van der Waals surface area (Å²) in [6.07, 6.45) is 0.0162. The van der Waals surface area contributed by atoms with Crippen LogP contribution in [-0.2, 0) is 18.9 Å². The van der Waals surface area contributed by atoms with E-state index in [4.69, 9.17) is 18.9 Å². The van der Waals surface area contributed by atoms with E-state index >= 15 is 0 Å². The number of amides is 2. The van der Waals surface area contributed by atoms with Gasteiger partial charge in [0.05, 0.1) is 25.4 Å². The van der Waals surface area contributed by atoms with Crippen LogP contribution in [0.5, 0.6) is 0 Å². The van der Waals surface area contributed by atoms with Crippen LogP contribution in [0.1, 0.15) is 13.8 Å². The molecule has 0 heterocycles. The van der Waals surface area contributed by atoms with Gasteiger partial charge >= 0.3 is 6.03 Å². The van der Waals surface area contributed by atoms with Crippen LogP contribution in [0, 0.1) is 0 Å². The maximum Gasteiger partial charge on any atom is 0.318 e. The van der Waals surface area contributed by atoms with Crippen molar-refractivity contribution in [1.82, 2.24) is 10.6 Å². The highest BCUT2D eigenvalue weighted by Crippen LogP contribution is 1.88. The fourth-order valence-electron chi connectivity index (χ4n) is 0.882. The van der Waals surface area contributed by atoms with Crippen LogP contribution in [-0.4, -0.2) is 59.1 Å². The Kier molecular flexibility index (Phi) is 10.7. The van der Waals surface area contributed by atoms with Crippen LogP contribution in [0.25, 0.3) is 0 Å². The van der Waals surface area contributed by atoms with Gasteiger partial charge in [-0.2, -0.15) is 0 Å². The number of methoxy groups -OCH3 is 2. The van der Waals surface area contributed by atoms with Gasteiger partial charge in [-0.05, 0) is 13.8 Å². The summed E-state index contributed by atoms with van der Waals surface area (Å²) in [4.78, 5) is 11.2. The summed E-state index contributed by atoms with van der Waals surface area (Å²) in [5, 5.41) is 5.05. The van der Waals surface area contributed by atoms with Crippen LogP contribution >= 0.6 is 0 Å². The van der Waals surface area contributed by atoms with Gasteiger partial charge in [0.2, 0.25) is 0 Å². The topological polar surface area (TPSA) is 78.1 Å². The maximum absolute atomic E-state index is 11.2. The molecule has 7 nitrogen and oxygen atoms in total. The SMILES string of the molecule is COC(C)COCNC(=O)NCOCC(C)OC. The number of hydrogen-bond acceptors (Lipinski definition) is 5. The molecule has 0 aliphatic carbocycles. The minimum atomic E-state index is -0.342. The lowest BCUT2D eigenvalue weighted by atomic mass is 10.4. The quantitative estimate of drug-likeness (QED) is 0.438. The minimum absolute atomic E-state index is 0.00808. The molecule has 2 amide bonds. The molecule has 0 fully saturated rings. The Hall–Kier alpha value is -0.890. The van der Waals surface area contributed by atoms with Gasteiger partial charge in [-0.1, -0.05) is 0 Å². The summed E-state index contributed by atoms with van der Waals surface area (Å²) in [5.74, 6) is 0. The first-order valence-corrected chi connectivity index (χ1v) is 5.83. The first-order valence-electron chi connectivity index (χ1n) is 5.83. The van der Waals surface area contributed by atoms with E-state index in [2.05, 4.69) is 10.6 Å². The Balaban J connectivity index is 3.33. The van der Waals surface area contributed by atoms with Gasteiger partial charge < -0.3 is 29.6 Å². The molecule has 0 aromatic rings. The summed E-state index contributed by atoms with van der Waals surface area (Å²) >= 11 is 0. The third-order valence-corrected chi connectivity index (χ3v) is 2.18. The van der Waals surface area contributed by atoms with Crippen molar-refractivity contribution in [2.45, 2.75) is 26.1 Å². The Labute approximate surface area is 108 Å². The number of rotatable bonds is 10.